The summed E-state index contributed by atoms with van der Waals surface area (Å²) in [4.78, 5) is 23.8. The Morgan fingerprint density at radius 1 is 1.06 bits per heavy atom. The minimum absolute atomic E-state index is 0.0135. The lowest BCUT2D eigenvalue weighted by Gasteiger charge is -2.23. The van der Waals surface area contributed by atoms with Crippen molar-refractivity contribution in [3.05, 3.63) is 96.6 Å². The smallest absolute Gasteiger partial charge is 0.408 e. The first-order valence-corrected chi connectivity index (χ1v) is 13.1. The zero-order valence-corrected chi connectivity index (χ0v) is 21.5. The van der Waals surface area contributed by atoms with Gasteiger partial charge in [-0.05, 0) is 16.7 Å². The molecule has 2 aromatic carbocycles. The number of ether oxygens (including phenoxy) is 1. The molecule has 2 aromatic rings. The molecule has 188 valence electrons. The van der Waals surface area contributed by atoms with Gasteiger partial charge in [0.1, 0.15) is 17.2 Å². The van der Waals surface area contributed by atoms with Gasteiger partial charge in [0.25, 0.3) is 0 Å². The van der Waals surface area contributed by atoms with E-state index in [2.05, 4.69) is 39.9 Å². The van der Waals surface area contributed by atoms with Crippen molar-refractivity contribution in [1.82, 2.24) is 10.8 Å². The molecule has 0 spiro atoms. The van der Waals surface area contributed by atoms with Crippen LogP contribution in [0.3, 0.4) is 0 Å². The maximum absolute atomic E-state index is 13.2. The first-order chi connectivity index (χ1) is 16.8. The van der Waals surface area contributed by atoms with E-state index in [1.54, 1.807) is 42.5 Å². The first kappa shape index (κ1) is 28.5. The standard InChI is InChI=1S/C24H28BrN2O7P/c1-3-14-26-34-35(31,33-15-4-2)22(25)20-12-10-18(11-13-20)16-21(23(28)29)27-24(30)32-17-19-8-6-5-7-9-19/h3-13,21-22,26H,1-2,14-17H2,(H,27,30)(H,28,29). The van der Waals surface area contributed by atoms with Crippen molar-refractivity contribution >= 4 is 35.6 Å². The van der Waals surface area contributed by atoms with E-state index in [0.29, 0.717) is 11.1 Å². The normalized spacial score (nSPS) is 14.2. The van der Waals surface area contributed by atoms with Gasteiger partial charge >= 0.3 is 19.7 Å². The summed E-state index contributed by atoms with van der Waals surface area (Å²) < 4.78 is 28.2. The molecule has 0 aromatic heterocycles. The topological polar surface area (TPSA) is 123 Å². The minimum atomic E-state index is -3.67. The van der Waals surface area contributed by atoms with Crippen LogP contribution in [-0.2, 0) is 36.3 Å². The molecule has 3 N–H and O–H groups in total. The molecule has 9 nitrogen and oxygen atoms in total. The van der Waals surface area contributed by atoms with Gasteiger partial charge in [-0.25, -0.2) is 14.2 Å². The molecule has 0 saturated heterocycles. The molecule has 0 heterocycles. The molecule has 0 fully saturated rings. The van der Waals surface area contributed by atoms with Crippen LogP contribution in [-0.4, -0.2) is 36.4 Å². The van der Waals surface area contributed by atoms with Gasteiger partial charge in [0.05, 0.1) is 6.61 Å². The highest BCUT2D eigenvalue weighted by molar-refractivity contribution is 9.10. The fourth-order valence-corrected chi connectivity index (χ4v) is 5.11. The minimum Gasteiger partial charge on any atom is -0.480 e. The quantitative estimate of drug-likeness (QED) is 0.0893. The molecular formula is C24H28BrN2O7P. The highest BCUT2D eigenvalue weighted by Gasteiger charge is 2.36. The Kier molecular flexibility index (Phi) is 11.9. The number of carboxylic acids is 1. The molecule has 3 unspecified atom stereocenters. The van der Waals surface area contributed by atoms with Gasteiger partial charge in [0.15, 0.2) is 0 Å². The highest BCUT2D eigenvalue weighted by atomic mass is 79.9. The Balaban J connectivity index is 2.02. The van der Waals surface area contributed by atoms with E-state index in [0.717, 1.165) is 5.56 Å². The van der Waals surface area contributed by atoms with Crippen molar-refractivity contribution in [3.8, 4) is 0 Å². The van der Waals surface area contributed by atoms with Crippen LogP contribution in [0.4, 0.5) is 4.79 Å². The summed E-state index contributed by atoms with van der Waals surface area (Å²) in [6, 6.07) is 14.5. The predicted molar refractivity (Wildman–Crippen MR) is 136 cm³/mol. The second-order valence-corrected chi connectivity index (χ2v) is 10.9. The molecule has 35 heavy (non-hydrogen) atoms. The summed E-state index contributed by atoms with van der Waals surface area (Å²) in [5.74, 6) is -1.20. The number of hydrogen-bond acceptors (Lipinski definition) is 7. The molecule has 3 atom stereocenters. The number of alkyl carbamates (subject to hydrolysis) is 1. The van der Waals surface area contributed by atoms with Crippen molar-refractivity contribution < 1.29 is 33.1 Å². The van der Waals surface area contributed by atoms with Gasteiger partial charge in [-0.3, -0.25) is 4.57 Å². The van der Waals surface area contributed by atoms with Crippen LogP contribution in [0.15, 0.2) is 79.9 Å². The lowest BCUT2D eigenvalue weighted by Crippen LogP contribution is -2.42. The van der Waals surface area contributed by atoms with Crippen LogP contribution < -0.4 is 10.8 Å². The average molecular weight is 567 g/mol. The number of rotatable bonds is 15. The van der Waals surface area contributed by atoms with E-state index in [-0.39, 0.29) is 26.2 Å². The van der Waals surface area contributed by atoms with E-state index in [1.165, 1.54) is 6.08 Å². The van der Waals surface area contributed by atoms with Gasteiger partial charge in [-0.15, -0.1) is 13.2 Å². The van der Waals surface area contributed by atoms with Gasteiger partial charge in [-0.2, -0.15) is 5.48 Å². The van der Waals surface area contributed by atoms with Crippen molar-refractivity contribution in [3.63, 3.8) is 0 Å². The zero-order valence-electron chi connectivity index (χ0n) is 19.0. The Morgan fingerprint density at radius 3 is 2.34 bits per heavy atom. The van der Waals surface area contributed by atoms with Gasteiger partial charge in [0.2, 0.25) is 0 Å². The summed E-state index contributed by atoms with van der Waals surface area (Å²) in [5.41, 5.74) is 4.54. The molecule has 0 saturated carbocycles. The van der Waals surface area contributed by atoms with Gasteiger partial charge < -0.3 is 19.7 Å². The predicted octanol–water partition coefficient (Wildman–Crippen LogP) is 5.11. The lowest BCUT2D eigenvalue weighted by atomic mass is 10.0. The average Bonchev–Trinajstić information content (AvgIpc) is 2.86. The Hall–Kier alpha value is -2.75. The summed E-state index contributed by atoms with van der Waals surface area (Å²) in [6.45, 7) is 7.41. The maximum Gasteiger partial charge on any atom is 0.408 e. The SMILES string of the molecule is C=CCNOP(=O)(OCC=C)C(Br)c1ccc(CC(NC(=O)OCc2ccccc2)C(=O)O)cc1. The number of carbonyl (C=O) groups is 2. The number of carboxylic acid groups (broad SMARTS) is 1. The lowest BCUT2D eigenvalue weighted by molar-refractivity contribution is -0.139. The van der Waals surface area contributed by atoms with E-state index < -0.39 is 30.3 Å². The molecule has 0 bridgehead atoms. The molecule has 11 heteroatoms. The number of carbonyl (C=O) groups excluding carboxylic acids is 1. The van der Waals surface area contributed by atoms with Crippen LogP contribution in [0.1, 0.15) is 21.3 Å². The number of amides is 1. The summed E-state index contributed by atoms with van der Waals surface area (Å²) in [7, 11) is -3.67. The zero-order chi connectivity index (χ0) is 25.7. The second-order valence-electron chi connectivity index (χ2n) is 7.23. The first-order valence-electron chi connectivity index (χ1n) is 10.6. The Morgan fingerprint density at radius 2 is 1.74 bits per heavy atom. The third kappa shape index (κ3) is 9.43. The van der Waals surface area contributed by atoms with Crippen LogP contribution in [0.25, 0.3) is 0 Å². The van der Waals surface area contributed by atoms with Gasteiger partial charge in [-0.1, -0.05) is 82.7 Å². The molecule has 0 aliphatic carbocycles. The van der Waals surface area contributed by atoms with Crippen molar-refractivity contribution in [1.29, 1.82) is 0 Å². The van der Waals surface area contributed by atoms with Crippen molar-refractivity contribution in [2.75, 3.05) is 13.2 Å². The number of benzene rings is 2. The molecule has 0 aliphatic rings. The Bertz CT molecular complexity index is 1030. The Labute approximate surface area is 212 Å². The maximum atomic E-state index is 13.2. The largest absolute Gasteiger partial charge is 0.480 e. The molecule has 0 aliphatic heterocycles. The van der Waals surface area contributed by atoms with Crippen LogP contribution in [0, 0.1) is 0 Å². The third-order valence-corrected chi connectivity index (χ3v) is 8.35. The summed E-state index contributed by atoms with van der Waals surface area (Å²) >= 11 is 3.38. The number of hydroxylamine groups is 1. The summed E-state index contributed by atoms with van der Waals surface area (Å²) in [6.07, 6.45) is 2.18. The number of alkyl halides is 1. The fraction of sp³-hybridized carbons (Fsp3) is 0.250. The monoisotopic (exact) mass is 566 g/mol. The van der Waals surface area contributed by atoms with Crippen LogP contribution in [0.5, 0.6) is 0 Å². The molecule has 1 amide bonds. The van der Waals surface area contributed by atoms with Gasteiger partial charge in [0, 0.05) is 13.0 Å². The number of hydrogen-bond donors (Lipinski definition) is 3. The van der Waals surface area contributed by atoms with Crippen molar-refractivity contribution in [2.24, 2.45) is 0 Å². The number of aliphatic carboxylic acids is 1. The number of halogens is 1. The molecular weight excluding hydrogens is 539 g/mol. The fourth-order valence-electron chi connectivity index (χ4n) is 2.82. The third-order valence-electron chi connectivity index (χ3n) is 4.57. The number of nitrogens with one attached hydrogen (secondary N) is 2. The van der Waals surface area contributed by atoms with E-state index in [9.17, 15) is 19.3 Å². The summed E-state index contributed by atoms with van der Waals surface area (Å²) in [5, 5.41) is 11.9. The van der Waals surface area contributed by atoms with E-state index in [1.807, 2.05) is 18.2 Å². The molecule has 2 rings (SSSR count). The van der Waals surface area contributed by atoms with Crippen LogP contribution >= 0.6 is 23.5 Å². The highest BCUT2D eigenvalue weighted by Crippen LogP contribution is 2.63. The van der Waals surface area contributed by atoms with Crippen molar-refractivity contribution in [2.45, 2.75) is 23.6 Å². The van der Waals surface area contributed by atoms with E-state index in [4.69, 9.17) is 13.9 Å². The molecule has 0 radical (unpaired) electrons. The second kappa shape index (κ2) is 14.6. The van der Waals surface area contributed by atoms with Crippen LogP contribution in [0.2, 0.25) is 0 Å². The van der Waals surface area contributed by atoms with E-state index >= 15 is 0 Å².